The van der Waals surface area contributed by atoms with Crippen LogP contribution in [0.3, 0.4) is 0 Å². The molecule has 7 unspecified atom stereocenters. The van der Waals surface area contributed by atoms with Gasteiger partial charge in [0.05, 0.1) is 29.8 Å². The van der Waals surface area contributed by atoms with Crippen LogP contribution in [-0.2, 0) is 0 Å². The average molecular weight is 364 g/mol. The normalized spacial score (nSPS) is 41.2. The number of allylic oxidation sites excluding steroid dienone is 3. The number of rotatable bonds is 4. The van der Waals surface area contributed by atoms with E-state index >= 15 is 0 Å². The highest BCUT2D eigenvalue weighted by Gasteiger charge is 2.38. The zero-order chi connectivity index (χ0) is 18.8. The van der Waals surface area contributed by atoms with E-state index in [4.69, 9.17) is 0 Å². The molecule has 0 bridgehead atoms. The lowest BCUT2D eigenvalue weighted by Gasteiger charge is -2.41. The molecule has 5 nitrogen and oxygen atoms in total. The van der Waals surface area contributed by atoms with E-state index in [0.29, 0.717) is 25.2 Å². The zero-order valence-electron chi connectivity index (χ0n) is 15.5. The van der Waals surface area contributed by atoms with Crippen molar-refractivity contribution in [2.75, 3.05) is 0 Å². The number of hydrogen-bond acceptors (Lipinski definition) is 5. The quantitative estimate of drug-likeness (QED) is 0.528. The minimum atomic E-state index is -0.626. The van der Waals surface area contributed by atoms with Gasteiger partial charge in [-0.1, -0.05) is 19.1 Å². The Balaban J connectivity index is 1.65. The monoisotopic (exact) mass is 364 g/mol. The topological polar surface area (TPSA) is 101 Å². The Hall–Kier alpha value is -1.30. The van der Waals surface area contributed by atoms with Crippen LogP contribution >= 0.6 is 0 Å². The van der Waals surface area contributed by atoms with Gasteiger partial charge in [-0.25, -0.2) is 0 Å². The van der Waals surface area contributed by atoms with Crippen LogP contribution in [0.2, 0.25) is 0 Å². The van der Waals surface area contributed by atoms with Crippen LogP contribution in [0.25, 0.3) is 0 Å². The summed E-state index contributed by atoms with van der Waals surface area (Å²) in [5.41, 5.74) is 0.817. The summed E-state index contributed by atoms with van der Waals surface area (Å²) in [5.74, 6) is 1.25. The Morgan fingerprint density at radius 2 is 1.73 bits per heavy atom. The fourth-order valence-corrected chi connectivity index (χ4v) is 4.97. The lowest BCUT2D eigenvalue weighted by atomic mass is 9.67. The number of aliphatic hydroxyl groups is 5. The standard InChI is InChI=1S/C21H32O5/c1-12-6-15(8-13-2-4-17(22)10-19(13)24)21(26)16(7-12)9-14-3-5-18(23)11-20(14)25/h2,4-5,12,14-17,20-26H,3,6-11H2,1H3. The highest BCUT2D eigenvalue weighted by atomic mass is 16.3. The Bertz CT molecular complexity index is 593. The fourth-order valence-electron chi connectivity index (χ4n) is 4.97. The molecular weight excluding hydrogens is 332 g/mol. The first-order valence-corrected chi connectivity index (χ1v) is 9.84. The van der Waals surface area contributed by atoms with E-state index in [2.05, 4.69) is 6.92 Å². The third-order valence-electron chi connectivity index (χ3n) is 6.38. The van der Waals surface area contributed by atoms with Crippen molar-refractivity contribution >= 4 is 0 Å². The second-order valence-electron chi connectivity index (χ2n) is 8.59. The maximum Gasteiger partial charge on any atom is 0.0983 e. The van der Waals surface area contributed by atoms with Gasteiger partial charge in [-0.3, -0.25) is 0 Å². The molecule has 1 fully saturated rings. The van der Waals surface area contributed by atoms with Gasteiger partial charge in [-0.15, -0.1) is 0 Å². The van der Waals surface area contributed by atoms with Crippen LogP contribution < -0.4 is 0 Å². The molecule has 1 saturated carbocycles. The van der Waals surface area contributed by atoms with Gasteiger partial charge in [0.2, 0.25) is 0 Å². The molecule has 3 rings (SSSR count). The van der Waals surface area contributed by atoms with Gasteiger partial charge in [-0.2, -0.15) is 0 Å². The number of hydrogen-bond donors (Lipinski definition) is 5. The Kier molecular flexibility index (Phi) is 6.10. The summed E-state index contributed by atoms with van der Waals surface area (Å²) in [7, 11) is 0. The van der Waals surface area contributed by atoms with Crippen molar-refractivity contribution in [2.45, 2.75) is 70.2 Å². The lowest BCUT2D eigenvalue weighted by Crippen LogP contribution is -2.39. The first kappa shape index (κ1) is 19.5. The Morgan fingerprint density at radius 3 is 2.42 bits per heavy atom. The summed E-state index contributed by atoms with van der Waals surface area (Å²) in [6.45, 7) is 2.20. The van der Waals surface area contributed by atoms with Crippen molar-refractivity contribution in [1.29, 1.82) is 0 Å². The third kappa shape index (κ3) is 4.51. The van der Waals surface area contributed by atoms with Crippen molar-refractivity contribution in [1.82, 2.24) is 0 Å². The highest BCUT2D eigenvalue weighted by molar-refractivity contribution is 5.28. The van der Waals surface area contributed by atoms with E-state index in [-0.39, 0.29) is 35.7 Å². The molecule has 5 N–H and O–H groups in total. The smallest absolute Gasteiger partial charge is 0.0983 e. The summed E-state index contributed by atoms with van der Waals surface area (Å²) >= 11 is 0. The predicted molar refractivity (Wildman–Crippen MR) is 99.5 cm³/mol. The predicted octanol–water partition coefficient (Wildman–Crippen LogP) is 3.14. The minimum absolute atomic E-state index is 0.0745. The van der Waals surface area contributed by atoms with Crippen molar-refractivity contribution in [3.63, 3.8) is 0 Å². The van der Waals surface area contributed by atoms with E-state index in [0.717, 1.165) is 24.8 Å². The molecule has 5 heteroatoms. The van der Waals surface area contributed by atoms with E-state index in [9.17, 15) is 25.5 Å². The van der Waals surface area contributed by atoms with Gasteiger partial charge in [0.1, 0.15) is 0 Å². The zero-order valence-corrected chi connectivity index (χ0v) is 15.5. The van der Waals surface area contributed by atoms with Crippen molar-refractivity contribution in [2.24, 2.45) is 23.7 Å². The first-order valence-electron chi connectivity index (χ1n) is 9.84. The van der Waals surface area contributed by atoms with Crippen LogP contribution in [0.4, 0.5) is 0 Å². The molecule has 26 heavy (non-hydrogen) atoms. The van der Waals surface area contributed by atoms with Crippen LogP contribution in [0.1, 0.15) is 51.9 Å². The molecule has 0 heterocycles. The molecule has 0 saturated heterocycles. The molecule has 0 amide bonds. The van der Waals surface area contributed by atoms with Gasteiger partial charge in [0, 0.05) is 12.8 Å². The maximum atomic E-state index is 11.0. The molecule has 146 valence electrons. The molecule has 3 aliphatic carbocycles. The van der Waals surface area contributed by atoms with Crippen molar-refractivity contribution in [3.05, 3.63) is 35.3 Å². The van der Waals surface area contributed by atoms with Crippen LogP contribution in [0, 0.1) is 23.7 Å². The molecule has 0 aliphatic heterocycles. The molecule has 0 radical (unpaired) electrons. The maximum absolute atomic E-state index is 11.0. The second kappa shape index (κ2) is 8.15. The Morgan fingerprint density at radius 1 is 1.00 bits per heavy atom. The molecule has 0 aromatic heterocycles. The molecular formula is C21H32O5. The molecule has 0 spiro atoms. The molecule has 3 aliphatic rings. The SMILES string of the molecule is CC1CC(CC2=C(O)CC(O)C=C2)C(O)C(CC2CC=C(O)CC2O)C1. The van der Waals surface area contributed by atoms with Gasteiger partial charge < -0.3 is 25.5 Å². The summed E-state index contributed by atoms with van der Waals surface area (Å²) in [6, 6.07) is 0. The van der Waals surface area contributed by atoms with Crippen LogP contribution in [-0.4, -0.2) is 43.8 Å². The van der Waals surface area contributed by atoms with E-state index < -0.39 is 18.3 Å². The average Bonchev–Trinajstić information content (AvgIpc) is 2.56. The minimum Gasteiger partial charge on any atom is -0.513 e. The largest absolute Gasteiger partial charge is 0.513 e. The fraction of sp³-hybridized carbons (Fsp3) is 0.714. The second-order valence-corrected chi connectivity index (χ2v) is 8.59. The summed E-state index contributed by atoms with van der Waals surface area (Å²) in [6.07, 6.45) is 8.07. The number of aliphatic hydroxyl groups excluding tert-OH is 5. The van der Waals surface area contributed by atoms with Gasteiger partial charge in [0.15, 0.2) is 0 Å². The molecule has 0 aromatic rings. The summed E-state index contributed by atoms with van der Waals surface area (Å²) in [4.78, 5) is 0. The van der Waals surface area contributed by atoms with Gasteiger partial charge in [0.25, 0.3) is 0 Å². The van der Waals surface area contributed by atoms with Crippen molar-refractivity contribution < 1.29 is 25.5 Å². The lowest BCUT2D eigenvalue weighted by molar-refractivity contribution is -0.0239. The van der Waals surface area contributed by atoms with Gasteiger partial charge in [-0.05, 0) is 67.4 Å². The van der Waals surface area contributed by atoms with E-state index in [1.54, 1.807) is 18.2 Å². The van der Waals surface area contributed by atoms with Crippen LogP contribution in [0.15, 0.2) is 35.3 Å². The van der Waals surface area contributed by atoms with E-state index in [1.807, 2.05) is 0 Å². The first-order chi connectivity index (χ1) is 12.3. The Labute approximate surface area is 155 Å². The van der Waals surface area contributed by atoms with Crippen molar-refractivity contribution in [3.8, 4) is 0 Å². The third-order valence-corrected chi connectivity index (χ3v) is 6.38. The van der Waals surface area contributed by atoms with Crippen LogP contribution in [0.5, 0.6) is 0 Å². The molecule has 0 aromatic carbocycles. The molecule has 7 atom stereocenters. The summed E-state index contributed by atoms with van der Waals surface area (Å²) in [5, 5.41) is 50.5. The van der Waals surface area contributed by atoms with E-state index in [1.165, 1.54) is 0 Å². The summed E-state index contributed by atoms with van der Waals surface area (Å²) < 4.78 is 0. The van der Waals surface area contributed by atoms with Gasteiger partial charge >= 0.3 is 0 Å². The highest BCUT2D eigenvalue weighted by Crippen LogP contribution is 2.42.